The maximum Gasteiger partial charge on any atom is 0.114 e. The summed E-state index contributed by atoms with van der Waals surface area (Å²) in [4.78, 5) is 0. The van der Waals surface area contributed by atoms with Gasteiger partial charge in [-0.15, -0.1) is 0 Å². The van der Waals surface area contributed by atoms with Crippen LogP contribution in [0.15, 0.2) is 12.2 Å². The number of rotatable bonds is 12. The van der Waals surface area contributed by atoms with Gasteiger partial charge in [0.05, 0.1) is 13.2 Å². The molecule has 0 amide bonds. The zero-order valence-electron chi connectivity index (χ0n) is 14.4. The molecule has 0 spiro atoms. The van der Waals surface area contributed by atoms with Crippen molar-refractivity contribution in [1.29, 1.82) is 0 Å². The van der Waals surface area contributed by atoms with E-state index in [2.05, 4.69) is 19.1 Å². The molecule has 0 saturated carbocycles. The molecule has 0 bridgehead atoms. The molecule has 0 aliphatic carbocycles. The Morgan fingerprint density at radius 1 is 1.04 bits per heavy atom. The molecule has 0 aromatic heterocycles. The lowest BCUT2D eigenvalue weighted by atomic mass is 10.0. The predicted molar refractivity (Wildman–Crippen MR) is 90.3 cm³/mol. The van der Waals surface area contributed by atoms with Crippen LogP contribution in [0.4, 0.5) is 0 Å². The van der Waals surface area contributed by atoms with Crippen LogP contribution in [0.3, 0.4) is 0 Å². The van der Waals surface area contributed by atoms with Gasteiger partial charge in [0.15, 0.2) is 0 Å². The van der Waals surface area contributed by atoms with Gasteiger partial charge < -0.3 is 24.8 Å². The number of allylic oxidation sites excluding steroid dienone is 2. The molecule has 5 heteroatoms. The van der Waals surface area contributed by atoms with E-state index in [1.165, 1.54) is 25.7 Å². The van der Waals surface area contributed by atoms with Gasteiger partial charge in [-0.25, -0.2) is 0 Å². The Balaban J connectivity index is 2.03. The fourth-order valence-electron chi connectivity index (χ4n) is 2.73. The normalized spacial score (nSPS) is 28.5. The fourth-order valence-corrected chi connectivity index (χ4v) is 2.73. The maximum atomic E-state index is 9.98. The second kappa shape index (κ2) is 12.9. The van der Waals surface area contributed by atoms with Crippen LogP contribution < -0.4 is 0 Å². The van der Waals surface area contributed by atoms with Crippen LogP contribution in [-0.4, -0.2) is 59.6 Å². The molecular formula is C18H34O5. The van der Waals surface area contributed by atoms with E-state index in [1.54, 1.807) is 0 Å². The van der Waals surface area contributed by atoms with Gasteiger partial charge in [-0.05, 0) is 32.1 Å². The molecule has 1 heterocycles. The Kier molecular flexibility index (Phi) is 11.5. The summed E-state index contributed by atoms with van der Waals surface area (Å²) >= 11 is 0. The highest BCUT2D eigenvalue weighted by Crippen LogP contribution is 2.19. The lowest BCUT2D eigenvalue weighted by Crippen LogP contribution is -2.55. The van der Waals surface area contributed by atoms with Gasteiger partial charge in [-0.2, -0.15) is 0 Å². The van der Waals surface area contributed by atoms with Gasteiger partial charge in [-0.3, -0.25) is 0 Å². The predicted octanol–water partition coefficient (Wildman–Crippen LogP) is 2.18. The van der Waals surface area contributed by atoms with Crippen molar-refractivity contribution in [3.63, 3.8) is 0 Å². The van der Waals surface area contributed by atoms with E-state index < -0.39 is 24.4 Å². The van der Waals surface area contributed by atoms with Crippen molar-refractivity contribution in [2.24, 2.45) is 0 Å². The third kappa shape index (κ3) is 8.27. The quantitative estimate of drug-likeness (QED) is 0.377. The van der Waals surface area contributed by atoms with E-state index in [1.807, 2.05) is 0 Å². The van der Waals surface area contributed by atoms with E-state index in [0.29, 0.717) is 6.61 Å². The van der Waals surface area contributed by atoms with Crippen molar-refractivity contribution in [2.75, 3.05) is 19.8 Å². The number of unbranched alkanes of at least 4 members (excludes halogenated alkanes) is 6. The van der Waals surface area contributed by atoms with E-state index in [4.69, 9.17) is 14.6 Å². The zero-order valence-corrected chi connectivity index (χ0v) is 14.4. The van der Waals surface area contributed by atoms with E-state index in [9.17, 15) is 10.2 Å². The maximum absolute atomic E-state index is 9.98. The van der Waals surface area contributed by atoms with Gasteiger partial charge in [0.2, 0.25) is 0 Å². The van der Waals surface area contributed by atoms with Crippen LogP contribution in [0.1, 0.15) is 58.3 Å². The third-order valence-electron chi connectivity index (χ3n) is 4.22. The van der Waals surface area contributed by atoms with Crippen LogP contribution in [0.25, 0.3) is 0 Å². The summed E-state index contributed by atoms with van der Waals surface area (Å²) in [5.41, 5.74) is 0. The monoisotopic (exact) mass is 330 g/mol. The molecule has 1 aliphatic heterocycles. The van der Waals surface area contributed by atoms with Gasteiger partial charge in [0.25, 0.3) is 0 Å². The molecule has 23 heavy (non-hydrogen) atoms. The molecule has 1 fully saturated rings. The summed E-state index contributed by atoms with van der Waals surface area (Å²) in [6.45, 7) is 2.55. The Morgan fingerprint density at radius 3 is 2.39 bits per heavy atom. The van der Waals surface area contributed by atoms with Crippen LogP contribution in [0.5, 0.6) is 0 Å². The molecule has 1 saturated heterocycles. The second-order valence-corrected chi connectivity index (χ2v) is 6.26. The molecule has 0 unspecified atom stereocenters. The largest absolute Gasteiger partial charge is 0.394 e. The van der Waals surface area contributed by atoms with Crippen molar-refractivity contribution < 1.29 is 24.8 Å². The topological polar surface area (TPSA) is 79.2 Å². The first kappa shape index (κ1) is 20.6. The molecule has 3 N–H and O–H groups in total. The van der Waals surface area contributed by atoms with Crippen LogP contribution in [-0.2, 0) is 9.47 Å². The zero-order chi connectivity index (χ0) is 16.9. The number of aliphatic hydroxyl groups is 3. The lowest BCUT2D eigenvalue weighted by molar-refractivity contribution is -0.210. The average molecular weight is 330 g/mol. The Bertz CT molecular complexity index is 308. The van der Waals surface area contributed by atoms with E-state index >= 15 is 0 Å². The van der Waals surface area contributed by atoms with Crippen LogP contribution in [0, 0.1) is 0 Å². The summed E-state index contributed by atoms with van der Waals surface area (Å²) in [6, 6.07) is 0. The number of hydrogen-bond donors (Lipinski definition) is 3. The minimum Gasteiger partial charge on any atom is -0.394 e. The van der Waals surface area contributed by atoms with Crippen molar-refractivity contribution in [2.45, 2.75) is 82.7 Å². The first-order chi connectivity index (χ1) is 11.2. The van der Waals surface area contributed by atoms with E-state index in [0.717, 1.165) is 25.7 Å². The van der Waals surface area contributed by atoms with Crippen molar-refractivity contribution in [3.8, 4) is 0 Å². The smallest absolute Gasteiger partial charge is 0.114 e. The minimum atomic E-state index is -0.977. The summed E-state index contributed by atoms with van der Waals surface area (Å²) in [5.74, 6) is 0. The molecule has 4 atom stereocenters. The fraction of sp³-hybridized carbons (Fsp3) is 0.889. The lowest BCUT2D eigenvalue weighted by Gasteiger charge is -2.37. The number of aliphatic hydroxyl groups excluding tert-OH is 3. The molecule has 1 rings (SSSR count). The highest BCUT2D eigenvalue weighted by atomic mass is 16.6. The highest BCUT2D eigenvalue weighted by molar-refractivity contribution is 4.87. The molecule has 0 radical (unpaired) electrons. The van der Waals surface area contributed by atoms with Crippen molar-refractivity contribution in [3.05, 3.63) is 12.2 Å². The highest BCUT2D eigenvalue weighted by Gasteiger charge is 2.38. The molecule has 136 valence electrons. The van der Waals surface area contributed by atoms with Gasteiger partial charge in [0.1, 0.15) is 24.4 Å². The van der Waals surface area contributed by atoms with Crippen LogP contribution >= 0.6 is 0 Å². The minimum absolute atomic E-state index is 0.0930. The Hall–Kier alpha value is -0.460. The standard InChI is InChI=1S/C18H34O5/c1-2-3-4-5-6-7-8-9-10-11-12-22-18-15(20)14-23-16(13-19)17(18)21/h6-7,15-21H,2-5,8-14H2,1H3/b7-6+/t15-,16+,17+,18+/m0/s1. The summed E-state index contributed by atoms with van der Waals surface area (Å²) < 4.78 is 10.8. The first-order valence-corrected chi connectivity index (χ1v) is 9.05. The molecular weight excluding hydrogens is 296 g/mol. The third-order valence-corrected chi connectivity index (χ3v) is 4.22. The molecule has 0 aromatic carbocycles. The second-order valence-electron chi connectivity index (χ2n) is 6.26. The molecule has 1 aliphatic rings. The summed E-state index contributed by atoms with van der Waals surface area (Å²) in [7, 11) is 0. The Labute approximate surface area is 140 Å². The molecule has 0 aromatic rings. The average Bonchev–Trinajstić information content (AvgIpc) is 2.55. The first-order valence-electron chi connectivity index (χ1n) is 9.05. The summed E-state index contributed by atoms with van der Waals surface area (Å²) in [6.07, 6.45) is 10.6. The number of hydrogen-bond acceptors (Lipinski definition) is 5. The van der Waals surface area contributed by atoms with Crippen molar-refractivity contribution >= 4 is 0 Å². The SMILES string of the molecule is CCCCC/C=C/CCCCCO[C@H]1[C@H](O)[C@@H](CO)OC[C@@H]1O. The number of ether oxygens (including phenoxy) is 2. The van der Waals surface area contributed by atoms with E-state index in [-0.39, 0.29) is 13.2 Å². The Morgan fingerprint density at radius 2 is 1.74 bits per heavy atom. The van der Waals surface area contributed by atoms with Crippen molar-refractivity contribution in [1.82, 2.24) is 0 Å². The van der Waals surface area contributed by atoms with Gasteiger partial charge >= 0.3 is 0 Å². The summed E-state index contributed by atoms with van der Waals surface area (Å²) in [5, 5.41) is 28.9. The van der Waals surface area contributed by atoms with Gasteiger partial charge in [-0.1, -0.05) is 38.3 Å². The van der Waals surface area contributed by atoms with Crippen LogP contribution in [0.2, 0.25) is 0 Å². The van der Waals surface area contributed by atoms with Gasteiger partial charge in [0, 0.05) is 6.61 Å². The molecule has 5 nitrogen and oxygen atoms in total.